The number of benzene rings is 1. The van der Waals surface area contributed by atoms with Crippen molar-refractivity contribution in [1.29, 1.82) is 0 Å². The van der Waals surface area contributed by atoms with Crippen LogP contribution in [0.15, 0.2) is 21.7 Å². The molecule has 2 aromatic rings. The lowest BCUT2D eigenvalue weighted by Crippen LogP contribution is -2.38. The van der Waals surface area contributed by atoms with Crippen LogP contribution in [0, 0.1) is 0 Å². The van der Waals surface area contributed by atoms with Crippen molar-refractivity contribution in [2.45, 2.75) is 32.7 Å². The van der Waals surface area contributed by atoms with Gasteiger partial charge in [0.1, 0.15) is 11.5 Å². The van der Waals surface area contributed by atoms with Crippen LogP contribution in [0.1, 0.15) is 26.2 Å². The van der Waals surface area contributed by atoms with Crippen molar-refractivity contribution < 1.29 is 19.0 Å². The van der Waals surface area contributed by atoms with E-state index in [2.05, 4.69) is 10.3 Å². The Morgan fingerprint density at radius 1 is 1.16 bits per heavy atom. The minimum Gasteiger partial charge on any atom is -0.493 e. The summed E-state index contributed by atoms with van der Waals surface area (Å²) in [6, 6.07) is 3.24. The van der Waals surface area contributed by atoms with Crippen molar-refractivity contribution in [3.63, 3.8) is 0 Å². The van der Waals surface area contributed by atoms with Gasteiger partial charge in [-0.2, -0.15) is 0 Å². The Labute approximate surface area is 186 Å². The molecule has 0 saturated heterocycles. The predicted octanol–water partition coefficient (Wildman–Crippen LogP) is 1.41. The van der Waals surface area contributed by atoms with E-state index < -0.39 is 11.2 Å². The number of amides is 1. The van der Waals surface area contributed by atoms with Crippen LogP contribution in [0.5, 0.6) is 17.2 Å². The van der Waals surface area contributed by atoms with E-state index in [1.807, 2.05) is 6.92 Å². The van der Waals surface area contributed by atoms with Gasteiger partial charge in [0.25, 0.3) is 5.56 Å². The first kappa shape index (κ1) is 24.6. The zero-order valence-electron chi connectivity index (χ0n) is 19.1. The minimum atomic E-state index is -0.590. The molecule has 4 N–H and O–H groups in total. The largest absolute Gasteiger partial charge is 0.493 e. The smallest absolute Gasteiger partial charge is 0.330 e. The molecular formula is C21H31N5O6. The maximum Gasteiger partial charge on any atom is 0.330 e. The Bertz CT molecular complexity index is 1040. The summed E-state index contributed by atoms with van der Waals surface area (Å²) < 4.78 is 17.2. The van der Waals surface area contributed by atoms with Crippen LogP contribution in [0.25, 0.3) is 0 Å². The molecule has 1 amide bonds. The number of anilines is 3. The van der Waals surface area contributed by atoms with Gasteiger partial charge < -0.3 is 30.2 Å². The average molecular weight is 450 g/mol. The monoisotopic (exact) mass is 449 g/mol. The topological polar surface area (TPSA) is 141 Å². The quantitative estimate of drug-likeness (QED) is 0.468. The SMILES string of the molecule is CCCCn1c(N)c(N(C)CCC(=O)Nc2cc(OC)c(OC)c(OC)c2)c(=O)[nH]c1=O. The number of methoxy groups -OCH3 is 3. The molecule has 32 heavy (non-hydrogen) atoms. The molecule has 11 nitrogen and oxygen atoms in total. The van der Waals surface area contributed by atoms with Gasteiger partial charge in [-0.05, 0) is 6.42 Å². The molecule has 0 aliphatic heterocycles. The van der Waals surface area contributed by atoms with E-state index >= 15 is 0 Å². The van der Waals surface area contributed by atoms with Crippen molar-refractivity contribution in [3.8, 4) is 17.2 Å². The summed E-state index contributed by atoms with van der Waals surface area (Å²) in [4.78, 5) is 40.8. The molecule has 0 aliphatic rings. The maximum absolute atomic E-state index is 12.5. The molecule has 0 radical (unpaired) electrons. The number of carbonyl (C=O) groups is 1. The molecule has 0 atom stereocenters. The maximum atomic E-state index is 12.5. The first-order valence-electron chi connectivity index (χ1n) is 10.2. The van der Waals surface area contributed by atoms with E-state index in [4.69, 9.17) is 19.9 Å². The average Bonchev–Trinajstić information content (AvgIpc) is 2.76. The highest BCUT2D eigenvalue weighted by Gasteiger charge is 2.18. The number of carbonyl (C=O) groups excluding carboxylic acids is 1. The Hall–Kier alpha value is -3.63. The summed E-state index contributed by atoms with van der Waals surface area (Å²) in [6.45, 7) is 2.60. The fraction of sp³-hybridized carbons (Fsp3) is 0.476. The number of hydrogen-bond donors (Lipinski definition) is 3. The Morgan fingerprint density at radius 3 is 2.31 bits per heavy atom. The number of unbranched alkanes of at least 4 members (excludes halogenated alkanes) is 1. The third kappa shape index (κ3) is 5.54. The highest BCUT2D eigenvalue weighted by atomic mass is 16.5. The van der Waals surface area contributed by atoms with Crippen LogP contribution in [0.2, 0.25) is 0 Å². The van der Waals surface area contributed by atoms with Gasteiger partial charge in [0.15, 0.2) is 11.5 Å². The molecule has 1 aromatic heterocycles. The van der Waals surface area contributed by atoms with E-state index in [0.717, 1.165) is 12.8 Å². The van der Waals surface area contributed by atoms with Crippen LogP contribution in [0.3, 0.4) is 0 Å². The molecule has 0 unspecified atom stereocenters. The number of rotatable bonds is 11. The van der Waals surface area contributed by atoms with Crippen LogP contribution in [0.4, 0.5) is 17.2 Å². The first-order chi connectivity index (χ1) is 15.3. The second-order valence-corrected chi connectivity index (χ2v) is 7.13. The molecule has 2 rings (SSSR count). The number of H-pyrrole nitrogens is 1. The molecule has 11 heteroatoms. The highest BCUT2D eigenvalue weighted by molar-refractivity contribution is 5.92. The Balaban J connectivity index is 2.14. The van der Waals surface area contributed by atoms with Crippen molar-refractivity contribution in [2.24, 2.45) is 0 Å². The van der Waals surface area contributed by atoms with Gasteiger partial charge in [0.2, 0.25) is 11.7 Å². The summed E-state index contributed by atoms with van der Waals surface area (Å²) in [6.07, 6.45) is 1.69. The number of nitrogens with one attached hydrogen (secondary N) is 2. The fourth-order valence-electron chi connectivity index (χ4n) is 3.24. The zero-order valence-corrected chi connectivity index (χ0v) is 19.1. The highest BCUT2D eigenvalue weighted by Crippen LogP contribution is 2.39. The van der Waals surface area contributed by atoms with Gasteiger partial charge in [-0.1, -0.05) is 13.3 Å². The van der Waals surface area contributed by atoms with Gasteiger partial charge in [0, 0.05) is 44.4 Å². The van der Waals surface area contributed by atoms with E-state index in [-0.39, 0.29) is 30.4 Å². The Kier molecular flexibility index (Phi) is 8.56. The first-order valence-corrected chi connectivity index (χ1v) is 10.2. The number of aromatic amines is 1. The molecule has 0 saturated carbocycles. The summed E-state index contributed by atoms with van der Waals surface area (Å²) >= 11 is 0. The van der Waals surface area contributed by atoms with Crippen molar-refractivity contribution in [1.82, 2.24) is 9.55 Å². The van der Waals surface area contributed by atoms with Crippen LogP contribution in [-0.2, 0) is 11.3 Å². The molecule has 1 heterocycles. The molecule has 0 spiro atoms. The number of nitrogens with two attached hydrogens (primary N) is 1. The second-order valence-electron chi connectivity index (χ2n) is 7.13. The number of ether oxygens (including phenoxy) is 3. The third-order valence-electron chi connectivity index (χ3n) is 4.95. The zero-order chi connectivity index (χ0) is 23.8. The van der Waals surface area contributed by atoms with E-state index in [9.17, 15) is 14.4 Å². The lowest BCUT2D eigenvalue weighted by Gasteiger charge is -2.21. The van der Waals surface area contributed by atoms with Crippen molar-refractivity contribution in [2.75, 3.05) is 50.9 Å². The van der Waals surface area contributed by atoms with Gasteiger partial charge in [0.05, 0.1) is 21.3 Å². The normalized spacial score (nSPS) is 10.5. The van der Waals surface area contributed by atoms with E-state index in [1.54, 1.807) is 24.1 Å². The summed E-state index contributed by atoms with van der Waals surface area (Å²) in [5, 5.41) is 2.77. The number of nitrogen functional groups attached to an aromatic ring is 1. The van der Waals surface area contributed by atoms with Crippen LogP contribution >= 0.6 is 0 Å². The molecule has 0 aliphatic carbocycles. The Morgan fingerprint density at radius 2 is 1.78 bits per heavy atom. The fourth-order valence-corrected chi connectivity index (χ4v) is 3.24. The third-order valence-corrected chi connectivity index (χ3v) is 4.95. The van der Waals surface area contributed by atoms with Gasteiger partial charge in [-0.3, -0.25) is 19.1 Å². The molecule has 1 aromatic carbocycles. The van der Waals surface area contributed by atoms with Gasteiger partial charge in [-0.25, -0.2) is 4.79 Å². The predicted molar refractivity (Wildman–Crippen MR) is 123 cm³/mol. The lowest BCUT2D eigenvalue weighted by molar-refractivity contribution is -0.116. The summed E-state index contributed by atoms with van der Waals surface area (Å²) in [5.41, 5.74) is 5.60. The van der Waals surface area contributed by atoms with Crippen LogP contribution < -0.4 is 41.4 Å². The molecular weight excluding hydrogens is 418 g/mol. The lowest BCUT2D eigenvalue weighted by atomic mass is 10.2. The standard InChI is InChI=1S/C21H31N5O6/c1-6-7-9-26-19(22)17(20(28)24-21(26)29)25(2)10-8-16(27)23-13-11-14(30-3)18(32-5)15(12-13)31-4/h11-12H,6-10,22H2,1-5H3,(H,23,27)(H,24,28,29). The van der Waals surface area contributed by atoms with Gasteiger partial charge in [-0.15, -0.1) is 0 Å². The molecule has 0 fully saturated rings. The molecule has 0 bridgehead atoms. The van der Waals surface area contributed by atoms with Crippen molar-refractivity contribution >= 4 is 23.1 Å². The number of nitrogens with zero attached hydrogens (tertiary/aromatic N) is 2. The van der Waals surface area contributed by atoms with E-state index in [0.29, 0.717) is 29.5 Å². The minimum absolute atomic E-state index is 0.0696. The van der Waals surface area contributed by atoms with Crippen molar-refractivity contribution in [3.05, 3.63) is 33.0 Å². The number of hydrogen-bond acceptors (Lipinski definition) is 8. The second kappa shape index (κ2) is 11.1. The summed E-state index contributed by atoms with van der Waals surface area (Å²) in [5.74, 6) is 1.03. The molecule has 176 valence electrons. The van der Waals surface area contributed by atoms with Crippen LogP contribution in [-0.4, -0.2) is 50.4 Å². The van der Waals surface area contributed by atoms with E-state index in [1.165, 1.54) is 25.9 Å². The summed E-state index contributed by atoms with van der Waals surface area (Å²) in [7, 11) is 6.11. The van der Waals surface area contributed by atoms with Gasteiger partial charge >= 0.3 is 5.69 Å². The number of aromatic nitrogens is 2.